The average Bonchev–Trinajstić information content (AvgIpc) is 2.34. The first-order chi connectivity index (χ1) is 4.43. The van der Waals surface area contributed by atoms with Gasteiger partial charge in [-0.2, -0.15) is 0 Å². The van der Waals surface area contributed by atoms with E-state index < -0.39 is 0 Å². The van der Waals surface area contributed by atoms with Gasteiger partial charge in [0.05, 0.1) is 19.6 Å². The van der Waals surface area contributed by atoms with Crippen LogP contribution in [0.5, 0.6) is 0 Å². The Labute approximate surface area is 62.0 Å². The summed E-state index contributed by atoms with van der Waals surface area (Å²) in [5.41, 5.74) is 0. The highest BCUT2D eigenvalue weighted by molar-refractivity contribution is 6.17. The third-order valence-corrected chi connectivity index (χ3v) is 2.24. The van der Waals surface area contributed by atoms with Crippen LogP contribution in [0.4, 0.5) is 0 Å². The molecule has 1 N–H and O–H groups in total. The highest BCUT2D eigenvalue weighted by Gasteiger charge is 2.13. The molecule has 0 saturated carbocycles. The van der Waals surface area contributed by atoms with Gasteiger partial charge in [-0.25, -0.2) is 0 Å². The van der Waals surface area contributed by atoms with Gasteiger partial charge >= 0.3 is 0 Å². The molecule has 0 spiro atoms. The maximum absolute atomic E-state index is 5.57. The fourth-order valence-electron chi connectivity index (χ4n) is 1.44. The van der Waals surface area contributed by atoms with Gasteiger partial charge in [-0.05, 0) is 0 Å². The summed E-state index contributed by atoms with van der Waals surface area (Å²) < 4.78 is 0. The van der Waals surface area contributed by atoms with E-state index in [4.69, 9.17) is 11.6 Å². The maximum Gasteiger partial charge on any atom is 0.0782 e. The summed E-state index contributed by atoms with van der Waals surface area (Å²) in [7, 11) is 0. The predicted molar refractivity (Wildman–Crippen MR) is 40.1 cm³/mol. The van der Waals surface area contributed by atoms with Crippen molar-refractivity contribution >= 4 is 11.6 Å². The van der Waals surface area contributed by atoms with E-state index >= 15 is 0 Å². The van der Waals surface area contributed by atoms with Crippen molar-refractivity contribution in [3.63, 3.8) is 0 Å². The van der Waals surface area contributed by atoms with Crippen LogP contribution < -0.4 is 4.90 Å². The van der Waals surface area contributed by atoms with Gasteiger partial charge in [0, 0.05) is 25.1 Å². The van der Waals surface area contributed by atoms with Crippen molar-refractivity contribution in [3.05, 3.63) is 0 Å². The standard InChI is InChI=1S/C7H14ClN/c8-4-3-7-9-5-1-2-6-9/h1-7H2/p+1. The molecule has 0 atom stereocenters. The molecule has 2 heteroatoms. The van der Waals surface area contributed by atoms with E-state index in [-0.39, 0.29) is 0 Å². The Hall–Kier alpha value is 0.250. The molecule has 0 aliphatic carbocycles. The Morgan fingerprint density at radius 2 is 1.89 bits per heavy atom. The first kappa shape index (κ1) is 7.36. The fourth-order valence-corrected chi connectivity index (χ4v) is 1.58. The summed E-state index contributed by atoms with van der Waals surface area (Å²) in [4.78, 5) is 1.76. The molecular formula is C7H15ClN+. The van der Waals surface area contributed by atoms with Crippen LogP contribution in [-0.4, -0.2) is 25.5 Å². The molecule has 0 amide bonds. The topological polar surface area (TPSA) is 4.44 Å². The second kappa shape index (κ2) is 4.13. The smallest absolute Gasteiger partial charge is 0.0782 e. The Balaban J connectivity index is 1.98. The zero-order valence-corrected chi connectivity index (χ0v) is 6.58. The van der Waals surface area contributed by atoms with Gasteiger partial charge in [-0.3, -0.25) is 0 Å². The molecule has 1 nitrogen and oxygen atoms in total. The van der Waals surface area contributed by atoms with E-state index in [1.807, 2.05) is 0 Å². The quantitative estimate of drug-likeness (QED) is 0.549. The number of rotatable bonds is 3. The third-order valence-electron chi connectivity index (χ3n) is 1.97. The van der Waals surface area contributed by atoms with Crippen molar-refractivity contribution in [1.82, 2.24) is 0 Å². The van der Waals surface area contributed by atoms with Crippen LogP contribution in [0.1, 0.15) is 19.3 Å². The zero-order chi connectivity index (χ0) is 6.53. The van der Waals surface area contributed by atoms with Crippen molar-refractivity contribution in [2.45, 2.75) is 19.3 Å². The van der Waals surface area contributed by atoms with Gasteiger partial charge in [-0.1, -0.05) is 0 Å². The van der Waals surface area contributed by atoms with Crippen molar-refractivity contribution in [1.29, 1.82) is 0 Å². The summed E-state index contributed by atoms with van der Waals surface area (Å²) in [5.74, 6) is 0.837. The van der Waals surface area contributed by atoms with Crippen LogP contribution in [0.25, 0.3) is 0 Å². The normalized spacial score (nSPS) is 21.0. The van der Waals surface area contributed by atoms with Gasteiger partial charge in [-0.15, -0.1) is 11.6 Å². The molecule has 1 fully saturated rings. The first-order valence-electron chi connectivity index (χ1n) is 3.83. The zero-order valence-electron chi connectivity index (χ0n) is 5.83. The summed E-state index contributed by atoms with van der Waals surface area (Å²) >= 11 is 5.57. The Kier molecular flexibility index (Phi) is 3.37. The molecule has 1 aliphatic rings. The van der Waals surface area contributed by atoms with Gasteiger partial charge in [0.1, 0.15) is 0 Å². The van der Waals surface area contributed by atoms with Crippen LogP contribution in [0.15, 0.2) is 0 Å². The average molecular weight is 149 g/mol. The Morgan fingerprint density at radius 1 is 1.22 bits per heavy atom. The minimum Gasteiger partial charge on any atom is -0.335 e. The maximum atomic E-state index is 5.57. The Bertz CT molecular complexity index is 69.3. The molecule has 1 rings (SSSR count). The molecule has 0 radical (unpaired) electrons. The third kappa shape index (κ3) is 2.55. The lowest BCUT2D eigenvalue weighted by molar-refractivity contribution is -0.887. The van der Waals surface area contributed by atoms with Crippen molar-refractivity contribution in [3.8, 4) is 0 Å². The Morgan fingerprint density at radius 3 is 2.44 bits per heavy atom. The number of halogens is 1. The van der Waals surface area contributed by atoms with Gasteiger partial charge in [0.15, 0.2) is 0 Å². The molecule has 54 valence electrons. The molecule has 1 heterocycles. The van der Waals surface area contributed by atoms with Crippen molar-refractivity contribution < 1.29 is 4.90 Å². The second-order valence-electron chi connectivity index (χ2n) is 2.75. The van der Waals surface area contributed by atoms with Gasteiger partial charge in [0.2, 0.25) is 0 Å². The highest BCUT2D eigenvalue weighted by atomic mass is 35.5. The van der Waals surface area contributed by atoms with E-state index in [1.54, 1.807) is 4.90 Å². The molecule has 1 saturated heterocycles. The van der Waals surface area contributed by atoms with Crippen LogP contribution in [-0.2, 0) is 0 Å². The number of hydrogen-bond donors (Lipinski definition) is 1. The van der Waals surface area contributed by atoms with Crippen LogP contribution >= 0.6 is 11.6 Å². The molecule has 0 aromatic rings. The number of nitrogens with one attached hydrogen (secondary N) is 1. The minimum absolute atomic E-state index is 0.837. The summed E-state index contributed by atoms with van der Waals surface area (Å²) in [6, 6.07) is 0. The first-order valence-corrected chi connectivity index (χ1v) is 4.36. The van der Waals surface area contributed by atoms with E-state index in [1.165, 1.54) is 38.9 Å². The van der Waals surface area contributed by atoms with Crippen LogP contribution in [0.2, 0.25) is 0 Å². The fraction of sp³-hybridized carbons (Fsp3) is 1.00. The minimum atomic E-state index is 0.837. The molecule has 0 aromatic heterocycles. The number of quaternary nitrogens is 1. The SMILES string of the molecule is ClCCC[NH+]1CCCC1. The highest BCUT2D eigenvalue weighted by Crippen LogP contribution is 1.88. The molecule has 0 bridgehead atoms. The van der Waals surface area contributed by atoms with E-state index in [2.05, 4.69) is 0 Å². The number of likely N-dealkylation sites (tertiary alicyclic amines) is 1. The van der Waals surface area contributed by atoms with E-state index in [0.29, 0.717) is 0 Å². The summed E-state index contributed by atoms with van der Waals surface area (Å²) in [6.45, 7) is 4.07. The second-order valence-corrected chi connectivity index (χ2v) is 3.13. The lowest BCUT2D eigenvalue weighted by Crippen LogP contribution is -3.10. The summed E-state index contributed by atoms with van der Waals surface area (Å²) in [6.07, 6.45) is 4.05. The van der Waals surface area contributed by atoms with Gasteiger partial charge in [0.25, 0.3) is 0 Å². The molecular weight excluding hydrogens is 134 g/mol. The monoisotopic (exact) mass is 148 g/mol. The molecule has 1 aliphatic heterocycles. The summed E-state index contributed by atoms with van der Waals surface area (Å²) in [5, 5.41) is 0. The molecule has 0 unspecified atom stereocenters. The molecule has 0 aromatic carbocycles. The lowest BCUT2D eigenvalue weighted by Gasteiger charge is -2.09. The number of alkyl halides is 1. The van der Waals surface area contributed by atoms with Crippen molar-refractivity contribution in [2.75, 3.05) is 25.5 Å². The van der Waals surface area contributed by atoms with Crippen LogP contribution in [0.3, 0.4) is 0 Å². The van der Waals surface area contributed by atoms with E-state index in [9.17, 15) is 0 Å². The van der Waals surface area contributed by atoms with E-state index in [0.717, 1.165) is 5.88 Å². The van der Waals surface area contributed by atoms with Gasteiger partial charge < -0.3 is 4.90 Å². The van der Waals surface area contributed by atoms with Crippen molar-refractivity contribution in [2.24, 2.45) is 0 Å². The van der Waals surface area contributed by atoms with Crippen LogP contribution in [0, 0.1) is 0 Å². The number of hydrogen-bond acceptors (Lipinski definition) is 0. The molecule has 9 heavy (non-hydrogen) atoms. The predicted octanol–water partition coefficient (Wildman–Crippen LogP) is 0.294. The largest absolute Gasteiger partial charge is 0.335 e. The lowest BCUT2D eigenvalue weighted by atomic mass is 10.4.